The van der Waals surface area contributed by atoms with Gasteiger partial charge in [-0.3, -0.25) is 4.90 Å². The molecule has 0 bridgehead atoms. The molecular formula is C14H21ClN2O. The van der Waals surface area contributed by atoms with E-state index in [9.17, 15) is 0 Å². The largest absolute Gasteiger partial charge is 0.374 e. The van der Waals surface area contributed by atoms with E-state index < -0.39 is 0 Å². The van der Waals surface area contributed by atoms with E-state index in [2.05, 4.69) is 29.3 Å². The van der Waals surface area contributed by atoms with Crippen molar-refractivity contribution in [3.8, 4) is 0 Å². The average Bonchev–Trinajstić information content (AvgIpc) is 2.39. The number of benzene rings is 1. The van der Waals surface area contributed by atoms with Gasteiger partial charge in [0.05, 0.1) is 12.7 Å². The fraction of sp³-hybridized carbons (Fsp3) is 0.571. The van der Waals surface area contributed by atoms with Crippen LogP contribution in [0.4, 0.5) is 0 Å². The van der Waals surface area contributed by atoms with Gasteiger partial charge in [0.25, 0.3) is 0 Å². The van der Waals surface area contributed by atoms with Crippen molar-refractivity contribution in [3.05, 3.63) is 34.9 Å². The molecule has 0 amide bonds. The number of hydrogen-bond acceptors (Lipinski definition) is 3. The molecule has 1 fully saturated rings. The van der Waals surface area contributed by atoms with Crippen LogP contribution in [0.15, 0.2) is 24.3 Å². The van der Waals surface area contributed by atoms with Gasteiger partial charge >= 0.3 is 0 Å². The van der Waals surface area contributed by atoms with Crippen LogP contribution in [-0.2, 0) is 4.74 Å². The van der Waals surface area contributed by atoms with Crippen LogP contribution < -0.4 is 5.32 Å². The zero-order chi connectivity index (χ0) is 13.0. The van der Waals surface area contributed by atoms with E-state index in [0.717, 1.165) is 31.3 Å². The van der Waals surface area contributed by atoms with Gasteiger partial charge in [0.15, 0.2) is 0 Å². The van der Waals surface area contributed by atoms with Gasteiger partial charge in [-0.2, -0.15) is 0 Å². The summed E-state index contributed by atoms with van der Waals surface area (Å²) in [4.78, 5) is 2.47. The Hall–Kier alpha value is -0.610. The van der Waals surface area contributed by atoms with Gasteiger partial charge in [-0.1, -0.05) is 23.7 Å². The zero-order valence-electron chi connectivity index (χ0n) is 11.0. The Kier molecular flexibility index (Phi) is 5.01. The molecule has 4 heteroatoms. The Labute approximate surface area is 114 Å². The number of rotatable bonds is 4. The molecule has 0 spiro atoms. The molecule has 1 heterocycles. The lowest BCUT2D eigenvalue weighted by atomic mass is 10.1. The van der Waals surface area contributed by atoms with Gasteiger partial charge in [0.1, 0.15) is 0 Å². The minimum absolute atomic E-state index is 0.290. The van der Waals surface area contributed by atoms with Gasteiger partial charge in [0, 0.05) is 30.7 Å². The van der Waals surface area contributed by atoms with E-state index in [4.69, 9.17) is 16.3 Å². The summed E-state index contributed by atoms with van der Waals surface area (Å²) in [6, 6.07) is 8.54. The Morgan fingerprint density at radius 1 is 1.44 bits per heavy atom. The summed E-state index contributed by atoms with van der Waals surface area (Å²) >= 11 is 5.92. The summed E-state index contributed by atoms with van der Waals surface area (Å²) in [6.45, 7) is 5.92. The van der Waals surface area contributed by atoms with Crippen LogP contribution in [0, 0.1) is 0 Å². The van der Waals surface area contributed by atoms with Crippen LogP contribution in [0.5, 0.6) is 0 Å². The molecule has 1 aliphatic heterocycles. The van der Waals surface area contributed by atoms with E-state index in [-0.39, 0.29) is 0 Å². The maximum absolute atomic E-state index is 5.92. The average molecular weight is 269 g/mol. The molecule has 18 heavy (non-hydrogen) atoms. The molecule has 1 aromatic carbocycles. The fourth-order valence-electron chi connectivity index (χ4n) is 2.40. The molecule has 2 rings (SSSR count). The highest BCUT2D eigenvalue weighted by atomic mass is 35.5. The van der Waals surface area contributed by atoms with Crippen molar-refractivity contribution >= 4 is 11.6 Å². The lowest BCUT2D eigenvalue weighted by molar-refractivity contribution is -0.0393. The number of nitrogens with one attached hydrogen (secondary N) is 1. The van der Waals surface area contributed by atoms with Crippen LogP contribution in [0.3, 0.4) is 0 Å². The summed E-state index contributed by atoms with van der Waals surface area (Å²) in [6.07, 6.45) is 0.290. The highest BCUT2D eigenvalue weighted by molar-refractivity contribution is 6.30. The van der Waals surface area contributed by atoms with E-state index in [0.29, 0.717) is 12.1 Å². The molecule has 100 valence electrons. The maximum Gasteiger partial charge on any atom is 0.0826 e. The smallest absolute Gasteiger partial charge is 0.0826 e. The predicted octanol–water partition coefficient (Wildman–Crippen LogP) is 2.32. The first-order chi connectivity index (χ1) is 8.70. The summed E-state index contributed by atoms with van der Waals surface area (Å²) in [5, 5.41) is 3.97. The lowest BCUT2D eigenvalue weighted by Crippen LogP contribution is -2.46. The maximum atomic E-state index is 5.92. The number of morpholine rings is 1. The summed E-state index contributed by atoms with van der Waals surface area (Å²) in [5.41, 5.74) is 1.31. The van der Waals surface area contributed by atoms with Crippen LogP contribution in [0.2, 0.25) is 5.02 Å². The molecule has 2 atom stereocenters. The van der Waals surface area contributed by atoms with Crippen molar-refractivity contribution in [3.63, 3.8) is 0 Å². The third kappa shape index (κ3) is 3.45. The van der Waals surface area contributed by atoms with Crippen molar-refractivity contribution < 1.29 is 4.74 Å². The van der Waals surface area contributed by atoms with Crippen LogP contribution in [-0.4, -0.2) is 44.3 Å². The quantitative estimate of drug-likeness (QED) is 0.907. The second-order valence-electron chi connectivity index (χ2n) is 4.77. The molecule has 1 aromatic rings. The number of halogens is 1. The molecule has 0 radical (unpaired) electrons. The standard InChI is InChI=1S/C14H21ClN2O/c1-11(12-3-5-13(15)6-4-12)17-7-8-18-14(10-17)9-16-2/h3-6,11,14,16H,7-10H2,1-2H3. The number of nitrogens with zero attached hydrogens (tertiary/aromatic N) is 1. The minimum Gasteiger partial charge on any atom is -0.374 e. The summed E-state index contributed by atoms with van der Waals surface area (Å²) in [5.74, 6) is 0. The number of ether oxygens (including phenoxy) is 1. The number of likely N-dealkylation sites (N-methyl/N-ethyl adjacent to an activating group) is 1. The Morgan fingerprint density at radius 3 is 2.83 bits per heavy atom. The van der Waals surface area contributed by atoms with Crippen molar-refractivity contribution in [1.82, 2.24) is 10.2 Å². The lowest BCUT2D eigenvalue weighted by Gasteiger charge is -2.37. The van der Waals surface area contributed by atoms with E-state index in [1.807, 2.05) is 19.2 Å². The van der Waals surface area contributed by atoms with E-state index in [1.165, 1.54) is 5.56 Å². The second-order valence-corrected chi connectivity index (χ2v) is 5.21. The molecule has 1 saturated heterocycles. The van der Waals surface area contributed by atoms with E-state index in [1.54, 1.807) is 0 Å². The fourth-order valence-corrected chi connectivity index (χ4v) is 2.52. The molecular weight excluding hydrogens is 248 g/mol. The molecule has 0 saturated carbocycles. The molecule has 3 nitrogen and oxygen atoms in total. The Morgan fingerprint density at radius 2 is 2.17 bits per heavy atom. The van der Waals surface area contributed by atoms with Crippen LogP contribution >= 0.6 is 11.6 Å². The van der Waals surface area contributed by atoms with Crippen molar-refractivity contribution in [2.75, 3.05) is 33.3 Å². The molecule has 1 aliphatic rings. The third-order valence-electron chi connectivity index (χ3n) is 3.50. The molecule has 0 aliphatic carbocycles. The van der Waals surface area contributed by atoms with Crippen molar-refractivity contribution in [1.29, 1.82) is 0 Å². The first kappa shape index (κ1) is 13.8. The number of hydrogen-bond donors (Lipinski definition) is 1. The highest BCUT2D eigenvalue weighted by Crippen LogP contribution is 2.23. The summed E-state index contributed by atoms with van der Waals surface area (Å²) in [7, 11) is 1.96. The van der Waals surface area contributed by atoms with Crippen LogP contribution in [0.25, 0.3) is 0 Å². The van der Waals surface area contributed by atoms with Crippen molar-refractivity contribution in [2.45, 2.75) is 19.1 Å². The first-order valence-corrected chi connectivity index (χ1v) is 6.84. The van der Waals surface area contributed by atoms with Crippen LogP contribution in [0.1, 0.15) is 18.5 Å². The Balaban J connectivity index is 1.99. The van der Waals surface area contributed by atoms with Gasteiger partial charge in [0.2, 0.25) is 0 Å². The molecule has 2 unspecified atom stereocenters. The highest BCUT2D eigenvalue weighted by Gasteiger charge is 2.24. The molecule has 1 N–H and O–H groups in total. The Bertz CT molecular complexity index is 367. The van der Waals surface area contributed by atoms with Gasteiger partial charge in [-0.15, -0.1) is 0 Å². The second kappa shape index (κ2) is 6.53. The zero-order valence-corrected chi connectivity index (χ0v) is 11.8. The normalized spacial score (nSPS) is 22.9. The van der Waals surface area contributed by atoms with Gasteiger partial charge in [-0.25, -0.2) is 0 Å². The first-order valence-electron chi connectivity index (χ1n) is 6.46. The minimum atomic E-state index is 0.290. The van der Waals surface area contributed by atoms with Gasteiger partial charge in [-0.05, 0) is 31.7 Å². The van der Waals surface area contributed by atoms with E-state index >= 15 is 0 Å². The summed E-state index contributed by atoms with van der Waals surface area (Å²) < 4.78 is 5.73. The SMILES string of the molecule is CNCC1CN(C(C)c2ccc(Cl)cc2)CCO1. The van der Waals surface area contributed by atoms with Crippen molar-refractivity contribution in [2.24, 2.45) is 0 Å². The van der Waals surface area contributed by atoms with Gasteiger partial charge < -0.3 is 10.1 Å². The predicted molar refractivity (Wildman–Crippen MR) is 75.1 cm³/mol. The monoisotopic (exact) mass is 268 g/mol. The molecule has 0 aromatic heterocycles. The third-order valence-corrected chi connectivity index (χ3v) is 3.75. The topological polar surface area (TPSA) is 24.5 Å².